The lowest BCUT2D eigenvalue weighted by atomic mass is 9.96. The van der Waals surface area contributed by atoms with Gasteiger partial charge in [0.1, 0.15) is 5.82 Å². The Kier molecular flexibility index (Phi) is 2.95. The first-order valence-corrected chi connectivity index (χ1v) is 5.82. The zero-order valence-corrected chi connectivity index (χ0v) is 11.1. The van der Waals surface area contributed by atoms with E-state index in [1.165, 1.54) is 16.4 Å². The standard InChI is InChI=1S/C14H17N3O/c1-8-5-10(3)11(6-9(8)2)13(18)12-7-16-17(4)14(12)15/h5-7H,15H2,1-4H3. The molecule has 0 radical (unpaired) electrons. The number of aromatic nitrogens is 2. The second-order valence-electron chi connectivity index (χ2n) is 4.65. The second-order valence-corrected chi connectivity index (χ2v) is 4.65. The molecule has 0 unspecified atom stereocenters. The second kappa shape index (κ2) is 4.29. The first-order chi connectivity index (χ1) is 8.41. The molecule has 0 atom stereocenters. The molecule has 0 fully saturated rings. The SMILES string of the molecule is Cc1cc(C)c(C(=O)c2cnn(C)c2N)cc1C. The van der Waals surface area contributed by atoms with Crippen molar-refractivity contribution in [2.24, 2.45) is 7.05 Å². The van der Waals surface area contributed by atoms with E-state index in [1.54, 1.807) is 7.05 Å². The molecule has 1 aromatic carbocycles. The van der Waals surface area contributed by atoms with Crippen molar-refractivity contribution < 1.29 is 4.79 Å². The van der Waals surface area contributed by atoms with Gasteiger partial charge in [-0.15, -0.1) is 0 Å². The summed E-state index contributed by atoms with van der Waals surface area (Å²) in [5, 5.41) is 4.00. The van der Waals surface area contributed by atoms with Crippen LogP contribution in [0.2, 0.25) is 0 Å². The van der Waals surface area contributed by atoms with Crippen LogP contribution in [0.3, 0.4) is 0 Å². The number of ketones is 1. The highest BCUT2D eigenvalue weighted by Gasteiger charge is 2.18. The average molecular weight is 243 g/mol. The Morgan fingerprint density at radius 3 is 2.28 bits per heavy atom. The maximum absolute atomic E-state index is 12.4. The van der Waals surface area contributed by atoms with Gasteiger partial charge < -0.3 is 5.73 Å². The van der Waals surface area contributed by atoms with E-state index >= 15 is 0 Å². The smallest absolute Gasteiger partial charge is 0.198 e. The summed E-state index contributed by atoms with van der Waals surface area (Å²) in [6.07, 6.45) is 1.52. The third-order valence-electron chi connectivity index (χ3n) is 3.31. The predicted octanol–water partition coefficient (Wildman–Crippen LogP) is 2.16. The van der Waals surface area contributed by atoms with Crippen LogP contribution in [0, 0.1) is 20.8 Å². The van der Waals surface area contributed by atoms with Gasteiger partial charge in [0.25, 0.3) is 0 Å². The van der Waals surface area contributed by atoms with Crippen LogP contribution in [0.25, 0.3) is 0 Å². The molecule has 94 valence electrons. The normalized spacial score (nSPS) is 10.7. The summed E-state index contributed by atoms with van der Waals surface area (Å²) in [6.45, 7) is 5.97. The number of aryl methyl sites for hydroxylation is 4. The lowest BCUT2D eigenvalue weighted by Crippen LogP contribution is -2.08. The fourth-order valence-electron chi connectivity index (χ4n) is 1.97. The Bertz CT molecular complexity index is 626. The van der Waals surface area contributed by atoms with Crippen LogP contribution in [0.4, 0.5) is 5.82 Å². The molecule has 1 heterocycles. The zero-order valence-electron chi connectivity index (χ0n) is 11.1. The van der Waals surface area contributed by atoms with Gasteiger partial charge in [-0.3, -0.25) is 9.48 Å². The molecule has 2 rings (SSSR count). The molecule has 0 saturated heterocycles. The highest BCUT2D eigenvalue weighted by Crippen LogP contribution is 2.21. The molecule has 4 heteroatoms. The molecule has 0 saturated carbocycles. The van der Waals surface area contributed by atoms with Crippen molar-refractivity contribution in [2.75, 3.05) is 5.73 Å². The van der Waals surface area contributed by atoms with Crippen molar-refractivity contribution in [2.45, 2.75) is 20.8 Å². The minimum absolute atomic E-state index is 0.0683. The van der Waals surface area contributed by atoms with Crippen LogP contribution in [0.5, 0.6) is 0 Å². The molecular weight excluding hydrogens is 226 g/mol. The molecule has 4 nitrogen and oxygen atoms in total. The van der Waals surface area contributed by atoms with Gasteiger partial charge in [0.05, 0.1) is 11.8 Å². The summed E-state index contributed by atoms with van der Waals surface area (Å²) in [7, 11) is 1.72. The first kappa shape index (κ1) is 12.4. The fraction of sp³-hybridized carbons (Fsp3) is 0.286. The quantitative estimate of drug-likeness (QED) is 0.822. The molecule has 0 spiro atoms. The summed E-state index contributed by atoms with van der Waals surface area (Å²) in [4.78, 5) is 12.4. The maximum atomic E-state index is 12.4. The van der Waals surface area contributed by atoms with Crippen LogP contribution >= 0.6 is 0 Å². The Morgan fingerprint density at radius 2 is 1.72 bits per heavy atom. The minimum atomic E-state index is -0.0683. The highest BCUT2D eigenvalue weighted by atomic mass is 16.1. The molecule has 0 amide bonds. The summed E-state index contributed by atoms with van der Waals surface area (Å²) in [5.41, 5.74) is 10.2. The van der Waals surface area contributed by atoms with Crippen LogP contribution in [-0.4, -0.2) is 15.6 Å². The fourth-order valence-corrected chi connectivity index (χ4v) is 1.97. The predicted molar refractivity (Wildman–Crippen MR) is 71.7 cm³/mol. The third-order valence-corrected chi connectivity index (χ3v) is 3.31. The molecular formula is C14H17N3O. The molecule has 2 aromatic rings. The van der Waals surface area contributed by atoms with Gasteiger partial charge in [-0.1, -0.05) is 6.07 Å². The van der Waals surface area contributed by atoms with E-state index in [9.17, 15) is 4.79 Å². The molecule has 1 aromatic heterocycles. The molecule has 0 bridgehead atoms. The van der Waals surface area contributed by atoms with E-state index < -0.39 is 0 Å². The number of benzene rings is 1. The number of rotatable bonds is 2. The van der Waals surface area contributed by atoms with E-state index in [4.69, 9.17) is 5.73 Å². The Labute approximate surface area is 106 Å². The van der Waals surface area contributed by atoms with Gasteiger partial charge in [0, 0.05) is 12.6 Å². The number of nitrogens with zero attached hydrogens (tertiary/aromatic N) is 2. The molecule has 2 N–H and O–H groups in total. The Morgan fingerprint density at radius 1 is 1.11 bits per heavy atom. The van der Waals surface area contributed by atoms with Crippen LogP contribution < -0.4 is 5.73 Å². The molecule has 18 heavy (non-hydrogen) atoms. The number of nitrogen functional groups attached to an aromatic ring is 1. The molecule has 0 aliphatic carbocycles. The first-order valence-electron chi connectivity index (χ1n) is 5.82. The van der Waals surface area contributed by atoms with Crippen molar-refractivity contribution in [1.29, 1.82) is 0 Å². The average Bonchev–Trinajstić information content (AvgIpc) is 2.64. The van der Waals surface area contributed by atoms with Gasteiger partial charge in [-0.05, 0) is 43.5 Å². The minimum Gasteiger partial charge on any atom is -0.383 e. The van der Waals surface area contributed by atoms with Gasteiger partial charge in [0.15, 0.2) is 5.78 Å². The monoisotopic (exact) mass is 243 g/mol. The van der Waals surface area contributed by atoms with Crippen LogP contribution in [0.1, 0.15) is 32.6 Å². The van der Waals surface area contributed by atoms with Gasteiger partial charge in [0.2, 0.25) is 0 Å². The van der Waals surface area contributed by atoms with Crippen LogP contribution in [0.15, 0.2) is 18.3 Å². The maximum Gasteiger partial charge on any atom is 0.198 e. The lowest BCUT2D eigenvalue weighted by molar-refractivity contribution is 0.103. The van der Waals surface area contributed by atoms with Crippen molar-refractivity contribution in [3.8, 4) is 0 Å². The summed E-state index contributed by atoms with van der Waals surface area (Å²) in [5.74, 6) is 0.332. The van der Waals surface area contributed by atoms with E-state index in [0.29, 0.717) is 16.9 Å². The van der Waals surface area contributed by atoms with Crippen molar-refractivity contribution in [3.63, 3.8) is 0 Å². The van der Waals surface area contributed by atoms with E-state index in [2.05, 4.69) is 5.10 Å². The zero-order chi connectivity index (χ0) is 13.4. The molecule has 0 aliphatic rings. The highest BCUT2D eigenvalue weighted by molar-refractivity contribution is 6.12. The molecule has 0 aliphatic heterocycles. The number of anilines is 1. The number of carbonyl (C=O) groups excluding carboxylic acids is 1. The Hall–Kier alpha value is -2.10. The number of carbonyl (C=O) groups is 1. The largest absolute Gasteiger partial charge is 0.383 e. The number of hydrogen-bond donors (Lipinski definition) is 1. The van der Waals surface area contributed by atoms with Crippen molar-refractivity contribution >= 4 is 11.6 Å². The van der Waals surface area contributed by atoms with Gasteiger partial charge in [-0.2, -0.15) is 5.10 Å². The summed E-state index contributed by atoms with van der Waals surface area (Å²) in [6, 6.07) is 3.94. The van der Waals surface area contributed by atoms with E-state index in [0.717, 1.165) is 11.1 Å². The lowest BCUT2D eigenvalue weighted by Gasteiger charge is -2.08. The van der Waals surface area contributed by atoms with Crippen molar-refractivity contribution in [1.82, 2.24) is 9.78 Å². The summed E-state index contributed by atoms with van der Waals surface area (Å²) >= 11 is 0. The van der Waals surface area contributed by atoms with E-state index in [-0.39, 0.29) is 5.78 Å². The number of nitrogens with two attached hydrogens (primary N) is 1. The van der Waals surface area contributed by atoms with Crippen molar-refractivity contribution in [3.05, 3.63) is 46.1 Å². The van der Waals surface area contributed by atoms with Gasteiger partial charge >= 0.3 is 0 Å². The third kappa shape index (κ3) is 1.90. The topological polar surface area (TPSA) is 60.9 Å². The van der Waals surface area contributed by atoms with E-state index in [1.807, 2.05) is 32.9 Å². The number of hydrogen-bond acceptors (Lipinski definition) is 3. The Balaban J connectivity index is 2.53. The summed E-state index contributed by atoms with van der Waals surface area (Å²) < 4.78 is 1.50. The van der Waals surface area contributed by atoms with Crippen LogP contribution in [-0.2, 0) is 7.05 Å². The van der Waals surface area contributed by atoms with Gasteiger partial charge in [-0.25, -0.2) is 0 Å².